The van der Waals surface area contributed by atoms with Crippen molar-refractivity contribution in [2.75, 3.05) is 0 Å². The van der Waals surface area contributed by atoms with Crippen LogP contribution in [0.25, 0.3) is 6.08 Å². The minimum absolute atomic E-state index is 0.772. The van der Waals surface area contributed by atoms with E-state index in [4.69, 9.17) is 0 Å². The number of aryl methyl sites for hydroxylation is 1. The van der Waals surface area contributed by atoms with Crippen molar-refractivity contribution in [1.29, 1.82) is 0 Å². The Hall–Kier alpha value is -1.26. The van der Waals surface area contributed by atoms with Crippen LogP contribution < -0.4 is 0 Å². The van der Waals surface area contributed by atoms with E-state index in [0.717, 1.165) is 5.92 Å². The molecule has 0 aliphatic heterocycles. The Balaban J connectivity index is 2.02. The van der Waals surface area contributed by atoms with Crippen LogP contribution in [0.4, 0.5) is 0 Å². The predicted octanol–water partition coefficient (Wildman–Crippen LogP) is 4.74. The standard InChI is InChI=1S/C16H20/c1-14-8-5-6-12-16(14)13-7-11-15-9-3-2-4-10-15/h5-6,8,11-13,15H,2-4,9-10H2,1H3. The third kappa shape index (κ3) is 3.12. The molecule has 1 aromatic rings. The maximum atomic E-state index is 3.36. The highest BCUT2D eigenvalue weighted by Crippen LogP contribution is 2.24. The van der Waals surface area contributed by atoms with Crippen LogP contribution >= 0.6 is 0 Å². The lowest BCUT2D eigenvalue weighted by atomic mass is 9.89. The third-order valence-electron chi connectivity index (χ3n) is 3.41. The van der Waals surface area contributed by atoms with Crippen LogP contribution in [0.2, 0.25) is 0 Å². The molecule has 0 heteroatoms. The number of rotatable bonds is 2. The summed E-state index contributed by atoms with van der Waals surface area (Å²) in [5, 5.41) is 0. The zero-order chi connectivity index (χ0) is 11.2. The average Bonchev–Trinajstić information content (AvgIpc) is 2.33. The molecule has 0 spiro atoms. The Labute approximate surface area is 98.7 Å². The highest BCUT2D eigenvalue weighted by Gasteiger charge is 2.09. The number of allylic oxidation sites excluding steroid dienone is 1. The summed E-state index contributed by atoms with van der Waals surface area (Å²) in [4.78, 5) is 0. The van der Waals surface area contributed by atoms with Crippen molar-refractivity contribution in [3.05, 3.63) is 47.2 Å². The van der Waals surface area contributed by atoms with Crippen molar-refractivity contribution >= 4 is 6.08 Å². The summed E-state index contributed by atoms with van der Waals surface area (Å²) < 4.78 is 0. The highest BCUT2D eigenvalue weighted by molar-refractivity contribution is 5.52. The van der Waals surface area contributed by atoms with Gasteiger partial charge in [0, 0.05) is 0 Å². The lowest BCUT2D eigenvalue weighted by Gasteiger charge is -2.16. The normalized spacial score (nSPS) is 16.6. The molecule has 0 saturated heterocycles. The van der Waals surface area contributed by atoms with Crippen LogP contribution in [0.15, 0.2) is 36.1 Å². The molecule has 0 aromatic heterocycles. The van der Waals surface area contributed by atoms with E-state index in [1.807, 2.05) is 0 Å². The number of hydrogen-bond acceptors (Lipinski definition) is 0. The Morgan fingerprint density at radius 3 is 2.62 bits per heavy atom. The first-order valence-electron chi connectivity index (χ1n) is 6.34. The molecule has 0 heterocycles. The number of hydrogen-bond donors (Lipinski definition) is 0. The molecular weight excluding hydrogens is 192 g/mol. The van der Waals surface area contributed by atoms with Crippen LogP contribution in [0.3, 0.4) is 0 Å². The van der Waals surface area contributed by atoms with Gasteiger partial charge in [0.2, 0.25) is 0 Å². The summed E-state index contributed by atoms with van der Waals surface area (Å²) in [6.45, 7) is 2.15. The molecule has 0 atom stereocenters. The second kappa shape index (κ2) is 5.72. The van der Waals surface area contributed by atoms with Gasteiger partial charge in [0.25, 0.3) is 0 Å². The smallest absolute Gasteiger partial charge is 0.0128 e. The Kier molecular flexibility index (Phi) is 4.02. The van der Waals surface area contributed by atoms with Gasteiger partial charge in [-0.3, -0.25) is 0 Å². The largest absolute Gasteiger partial charge is 0.124 e. The van der Waals surface area contributed by atoms with Gasteiger partial charge >= 0.3 is 0 Å². The van der Waals surface area contributed by atoms with Crippen molar-refractivity contribution in [2.45, 2.75) is 39.0 Å². The molecule has 1 saturated carbocycles. The summed E-state index contributed by atoms with van der Waals surface area (Å²) >= 11 is 0. The van der Waals surface area contributed by atoms with E-state index in [2.05, 4.69) is 49.1 Å². The maximum Gasteiger partial charge on any atom is -0.0128 e. The van der Waals surface area contributed by atoms with Crippen molar-refractivity contribution in [3.63, 3.8) is 0 Å². The molecule has 0 radical (unpaired) electrons. The van der Waals surface area contributed by atoms with Crippen LogP contribution in [-0.4, -0.2) is 0 Å². The van der Waals surface area contributed by atoms with E-state index in [1.54, 1.807) is 0 Å². The molecule has 16 heavy (non-hydrogen) atoms. The quantitative estimate of drug-likeness (QED) is 0.621. The minimum Gasteiger partial charge on any atom is -0.124 e. The monoisotopic (exact) mass is 212 g/mol. The molecule has 1 aliphatic carbocycles. The minimum atomic E-state index is 0.772. The van der Waals surface area contributed by atoms with Crippen LogP contribution in [-0.2, 0) is 0 Å². The number of benzene rings is 1. The van der Waals surface area contributed by atoms with Crippen molar-refractivity contribution < 1.29 is 0 Å². The highest BCUT2D eigenvalue weighted by atomic mass is 14.1. The van der Waals surface area contributed by atoms with Gasteiger partial charge in [0.15, 0.2) is 0 Å². The van der Waals surface area contributed by atoms with Crippen LogP contribution in [0.1, 0.15) is 43.2 Å². The van der Waals surface area contributed by atoms with Crippen molar-refractivity contribution in [1.82, 2.24) is 0 Å². The molecule has 1 aromatic carbocycles. The first kappa shape index (κ1) is 11.2. The summed E-state index contributed by atoms with van der Waals surface area (Å²) in [5.41, 5.74) is 5.97. The molecule has 0 N–H and O–H groups in total. The van der Waals surface area contributed by atoms with Crippen molar-refractivity contribution in [3.8, 4) is 0 Å². The van der Waals surface area contributed by atoms with Crippen LogP contribution in [0, 0.1) is 12.8 Å². The SMILES string of the molecule is Cc1ccccc1C=C=CC1CCCCC1. The molecule has 2 rings (SSSR count). The molecule has 0 nitrogen and oxygen atoms in total. The Morgan fingerprint density at radius 1 is 1.12 bits per heavy atom. The van der Waals surface area contributed by atoms with Gasteiger partial charge in [-0.05, 0) is 49.0 Å². The fraction of sp³-hybridized carbons (Fsp3) is 0.438. The molecule has 1 fully saturated rings. The lowest BCUT2D eigenvalue weighted by Crippen LogP contribution is -2.01. The first-order valence-corrected chi connectivity index (χ1v) is 6.34. The Morgan fingerprint density at radius 2 is 1.88 bits per heavy atom. The third-order valence-corrected chi connectivity index (χ3v) is 3.41. The summed E-state index contributed by atoms with van der Waals surface area (Å²) in [6, 6.07) is 8.46. The fourth-order valence-corrected chi connectivity index (χ4v) is 2.32. The van der Waals surface area contributed by atoms with Gasteiger partial charge in [-0.15, -0.1) is 5.73 Å². The van der Waals surface area contributed by atoms with Gasteiger partial charge in [0.1, 0.15) is 0 Å². The van der Waals surface area contributed by atoms with Gasteiger partial charge in [-0.1, -0.05) is 43.5 Å². The predicted molar refractivity (Wildman–Crippen MR) is 70.3 cm³/mol. The fourth-order valence-electron chi connectivity index (χ4n) is 2.32. The topological polar surface area (TPSA) is 0 Å². The van der Waals surface area contributed by atoms with E-state index < -0.39 is 0 Å². The van der Waals surface area contributed by atoms with E-state index in [1.165, 1.54) is 43.2 Å². The van der Waals surface area contributed by atoms with Gasteiger partial charge in [-0.2, -0.15) is 0 Å². The molecule has 0 amide bonds. The van der Waals surface area contributed by atoms with E-state index in [-0.39, 0.29) is 0 Å². The lowest BCUT2D eigenvalue weighted by molar-refractivity contribution is 0.420. The zero-order valence-corrected chi connectivity index (χ0v) is 10.1. The second-order valence-electron chi connectivity index (χ2n) is 4.73. The van der Waals surface area contributed by atoms with Gasteiger partial charge in [-0.25, -0.2) is 0 Å². The molecule has 0 unspecified atom stereocenters. The summed E-state index contributed by atoms with van der Waals surface area (Å²) in [6.07, 6.45) is 11.3. The van der Waals surface area contributed by atoms with E-state index in [9.17, 15) is 0 Å². The van der Waals surface area contributed by atoms with Crippen molar-refractivity contribution in [2.24, 2.45) is 5.92 Å². The summed E-state index contributed by atoms with van der Waals surface area (Å²) in [7, 11) is 0. The zero-order valence-electron chi connectivity index (χ0n) is 10.1. The summed E-state index contributed by atoms with van der Waals surface area (Å²) in [5.74, 6) is 0.772. The second-order valence-corrected chi connectivity index (χ2v) is 4.73. The Bertz CT molecular complexity index is 388. The van der Waals surface area contributed by atoms with E-state index in [0.29, 0.717) is 0 Å². The van der Waals surface area contributed by atoms with Gasteiger partial charge in [0.05, 0.1) is 0 Å². The average molecular weight is 212 g/mol. The maximum absolute atomic E-state index is 3.36. The van der Waals surface area contributed by atoms with Crippen LogP contribution in [0.5, 0.6) is 0 Å². The molecule has 1 aliphatic rings. The first-order chi connectivity index (χ1) is 7.86. The van der Waals surface area contributed by atoms with Gasteiger partial charge < -0.3 is 0 Å². The molecule has 84 valence electrons. The van der Waals surface area contributed by atoms with E-state index >= 15 is 0 Å². The molecular formula is C16H20. The molecule has 0 bridgehead atoms.